The van der Waals surface area contributed by atoms with Gasteiger partial charge in [0.15, 0.2) is 0 Å². The van der Waals surface area contributed by atoms with Crippen LogP contribution in [0.5, 0.6) is 23.0 Å². The lowest BCUT2D eigenvalue weighted by molar-refractivity contribution is 0.0696. The van der Waals surface area contributed by atoms with Crippen molar-refractivity contribution in [2.75, 3.05) is 28.4 Å². The molecule has 0 unspecified atom stereocenters. The minimum Gasteiger partial charge on any atom is -0.497 e. The number of fused-ring (bicyclic) bond motifs is 6. The molecule has 0 atom stereocenters. The molecular formula is C36H28N2O8. The van der Waals surface area contributed by atoms with Gasteiger partial charge in [-0.3, -0.25) is 0 Å². The van der Waals surface area contributed by atoms with Crippen LogP contribution in [-0.4, -0.2) is 59.7 Å². The zero-order valence-corrected chi connectivity index (χ0v) is 25.3. The summed E-state index contributed by atoms with van der Waals surface area (Å²) in [5.41, 5.74) is 3.06. The highest BCUT2D eigenvalue weighted by molar-refractivity contribution is 6.13. The van der Waals surface area contributed by atoms with Crippen LogP contribution < -0.4 is 18.9 Å². The van der Waals surface area contributed by atoms with E-state index in [0.29, 0.717) is 56.4 Å². The summed E-state index contributed by atoms with van der Waals surface area (Å²) in [6.45, 7) is 0. The third-order valence-electron chi connectivity index (χ3n) is 8.42. The Kier molecular flexibility index (Phi) is 6.70. The summed E-state index contributed by atoms with van der Waals surface area (Å²) >= 11 is 0. The van der Waals surface area contributed by atoms with Gasteiger partial charge in [-0.15, -0.1) is 0 Å². The first-order valence-corrected chi connectivity index (χ1v) is 14.3. The van der Waals surface area contributed by atoms with E-state index < -0.39 is 11.9 Å². The predicted molar refractivity (Wildman–Crippen MR) is 175 cm³/mol. The standard InChI is InChI=1S/C36H28N2O8/c1-43-19-5-9-29-23(13-19)24-14-20(44-2)6-10-30(24)37(29)33-18-34(28(36(41)42)17-27(33)35(39)40)38-31-11-7-21(45-3)15-25(31)26-16-22(46-4)8-12-32(26)38/h5-18H,1-4H3,(H,39,40)(H,41,42). The fourth-order valence-corrected chi connectivity index (χ4v) is 6.28. The van der Waals surface area contributed by atoms with Crippen molar-refractivity contribution < 1.29 is 38.7 Å². The van der Waals surface area contributed by atoms with E-state index in [9.17, 15) is 19.8 Å². The molecule has 230 valence electrons. The van der Waals surface area contributed by atoms with Crippen molar-refractivity contribution in [3.63, 3.8) is 0 Å². The molecule has 5 aromatic carbocycles. The number of aromatic nitrogens is 2. The highest BCUT2D eigenvalue weighted by Gasteiger charge is 2.26. The predicted octanol–water partition coefficient (Wildman–Crippen LogP) is 7.31. The largest absolute Gasteiger partial charge is 0.497 e. The van der Waals surface area contributed by atoms with Gasteiger partial charge < -0.3 is 38.3 Å². The van der Waals surface area contributed by atoms with E-state index in [1.807, 2.05) is 57.7 Å². The van der Waals surface area contributed by atoms with Crippen LogP contribution in [0.1, 0.15) is 20.7 Å². The molecule has 0 saturated carbocycles. The average Bonchev–Trinajstić information content (AvgIpc) is 3.58. The fraction of sp³-hybridized carbons (Fsp3) is 0.111. The second-order valence-corrected chi connectivity index (χ2v) is 10.7. The summed E-state index contributed by atoms with van der Waals surface area (Å²) in [5, 5.41) is 24.2. The van der Waals surface area contributed by atoms with Gasteiger partial charge in [0.2, 0.25) is 0 Å². The van der Waals surface area contributed by atoms with E-state index in [1.54, 1.807) is 58.8 Å². The van der Waals surface area contributed by atoms with Crippen LogP contribution in [0.2, 0.25) is 0 Å². The minimum absolute atomic E-state index is 0.171. The van der Waals surface area contributed by atoms with Gasteiger partial charge in [0, 0.05) is 21.5 Å². The molecule has 2 aromatic heterocycles. The maximum absolute atomic E-state index is 12.8. The van der Waals surface area contributed by atoms with E-state index in [-0.39, 0.29) is 11.1 Å². The Morgan fingerprint density at radius 1 is 0.457 bits per heavy atom. The van der Waals surface area contributed by atoms with Crippen molar-refractivity contribution >= 4 is 55.6 Å². The molecule has 0 fully saturated rings. The summed E-state index contributed by atoms with van der Waals surface area (Å²) in [5.74, 6) is -0.0101. The number of aromatic carboxylic acids is 2. The zero-order valence-electron chi connectivity index (χ0n) is 25.3. The Labute approximate surface area is 262 Å². The topological polar surface area (TPSA) is 121 Å². The second kappa shape index (κ2) is 10.8. The first-order chi connectivity index (χ1) is 22.3. The third kappa shape index (κ3) is 4.26. The van der Waals surface area contributed by atoms with Crippen molar-refractivity contribution in [2.24, 2.45) is 0 Å². The molecule has 0 spiro atoms. The molecule has 0 aliphatic heterocycles. The highest BCUT2D eigenvalue weighted by Crippen LogP contribution is 2.41. The summed E-state index contributed by atoms with van der Waals surface area (Å²) in [4.78, 5) is 25.7. The van der Waals surface area contributed by atoms with Crippen molar-refractivity contribution in [3.05, 3.63) is 96.1 Å². The Balaban J connectivity index is 1.64. The van der Waals surface area contributed by atoms with Gasteiger partial charge in [-0.1, -0.05) is 0 Å². The maximum Gasteiger partial charge on any atom is 0.337 e. The van der Waals surface area contributed by atoms with Crippen LogP contribution in [0.25, 0.3) is 55.0 Å². The SMILES string of the molecule is COc1ccc2c(c1)c1cc(OC)ccc1n2-c1cc(-n2c3ccc(OC)cc3c3cc(OC)ccc32)c(C(=O)O)cc1C(=O)O. The normalized spacial score (nSPS) is 11.4. The van der Waals surface area contributed by atoms with Gasteiger partial charge in [0.25, 0.3) is 0 Å². The van der Waals surface area contributed by atoms with E-state index in [1.165, 1.54) is 6.07 Å². The molecule has 10 heteroatoms. The van der Waals surface area contributed by atoms with Gasteiger partial charge >= 0.3 is 11.9 Å². The number of hydrogen-bond donors (Lipinski definition) is 2. The van der Waals surface area contributed by atoms with Crippen LogP contribution >= 0.6 is 0 Å². The highest BCUT2D eigenvalue weighted by atomic mass is 16.5. The molecule has 2 N–H and O–H groups in total. The minimum atomic E-state index is -1.27. The molecule has 0 bridgehead atoms. The number of ether oxygens (including phenoxy) is 4. The summed E-state index contributed by atoms with van der Waals surface area (Å²) in [6.07, 6.45) is 0. The first-order valence-electron chi connectivity index (χ1n) is 14.3. The zero-order chi connectivity index (χ0) is 32.3. The van der Waals surface area contributed by atoms with E-state index in [4.69, 9.17) is 18.9 Å². The fourth-order valence-electron chi connectivity index (χ4n) is 6.28. The smallest absolute Gasteiger partial charge is 0.337 e. The van der Waals surface area contributed by atoms with E-state index in [2.05, 4.69) is 0 Å². The first kappa shape index (κ1) is 28.6. The summed E-state index contributed by atoms with van der Waals surface area (Å²) in [7, 11) is 6.32. The average molecular weight is 617 g/mol. The number of carboxylic acid groups (broad SMARTS) is 2. The number of benzene rings is 5. The molecule has 46 heavy (non-hydrogen) atoms. The van der Waals surface area contributed by atoms with Crippen molar-refractivity contribution in [1.29, 1.82) is 0 Å². The second-order valence-electron chi connectivity index (χ2n) is 10.7. The molecule has 7 aromatic rings. The molecular weight excluding hydrogens is 588 g/mol. The lowest BCUT2D eigenvalue weighted by Crippen LogP contribution is -2.13. The summed E-state index contributed by atoms with van der Waals surface area (Å²) < 4.78 is 25.7. The van der Waals surface area contributed by atoms with Gasteiger partial charge in [-0.05, 0) is 84.9 Å². The number of carbonyl (C=O) groups is 2. The lowest BCUT2D eigenvalue weighted by atomic mass is 10.0. The molecule has 10 nitrogen and oxygen atoms in total. The molecule has 7 rings (SSSR count). The van der Waals surface area contributed by atoms with Gasteiger partial charge in [0.05, 0.1) is 73.0 Å². The van der Waals surface area contributed by atoms with Crippen molar-refractivity contribution in [3.8, 4) is 34.4 Å². The lowest BCUT2D eigenvalue weighted by Gasteiger charge is -2.18. The van der Waals surface area contributed by atoms with Gasteiger partial charge in [-0.2, -0.15) is 0 Å². The Bertz CT molecular complexity index is 2100. The summed E-state index contributed by atoms with van der Waals surface area (Å²) in [6, 6.07) is 25.0. The molecule has 0 aliphatic rings. The molecule has 0 radical (unpaired) electrons. The quantitative estimate of drug-likeness (QED) is 0.182. The van der Waals surface area contributed by atoms with E-state index >= 15 is 0 Å². The number of hydrogen-bond acceptors (Lipinski definition) is 6. The maximum atomic E-state index is 12.8. The van der Waals surface area contributed by atoms with E-state index in [0.717, 1.165) is 21.5 Å². The Hall–Kier alpha value is -6.16. The molecule has 0 saturated heterocycles. The van der Waals surface area contributed by atoms with Crippen LogP contribution in [0.3, 0.4) is 0 Å². The molecule has 0 aliphatic carbocycles. The molecule has 2 heterocycles. The Morgan fingerprint density at radius 3 is 0.978 bits per heavy atom. The van der Waals surface area contributed by atoms with Crippen LogP contribution in [0.4, 0.5) is 0 Å². The number of nitrogens with zero attached hydrogens (tertiary/aromatic N) is 2. The van der Waals surface area contributed by atoms with Crippen LogP contribution in [-0.2, 0) is 0 Å². The number of rotatable bonds is 8. The van der Waals surface area contributed by atoms with Crippen molar-refractivity contribution in [1.82, 2.24) is 9.13 Å². The van der Waals surface area contributed by atoms with Crippen LogP contribution in [0.15, 0.2) is 84.9 Å². The number of methoxy groups -OCH3 is 4. The Morgan fingerprint density at radius 2 is 0.739 bits per heavy atom. The van der Waals surface area contributed by atoms with Gasteiger partial charge in [0.1, 0.15) is 23.0 Å². The van der Waals surface area contributed by atoms with Crippen LogP contribution in [0, 0.1) is 0 Å². The third-order valence-corrected chi connectivity index (χ3v) is 8.42. The number of carboxylic acids is 2. The molecule has 0 amide bonds. The monoisotopic (exact) mass is 616 g/mol. The van der Waals surface area contributed by atoms with Gasteiger partial charge in [-0.25, -0.2) is 9.59 Å². The van der Waals surface area contributed by atoms with Crippen molar-refractivity contribution in [2.45, 2.75) is 0 Å².